The van der Waals surface area contributed by atoms with E-state index < -0.39 is 12.1 Å². The Labute approximate surface area is 113 Å². The number of aliphatic hydroxyl groups is 1. The molecule has 0 aliphatic heterocycles. The first-order valence-corrected chi connectivity index (χ1v) is 5.88. The smallest absolute Gasteiger partial charge is 0.371 e. The van der Waals surface area contributed by atoms with Crippen molar-refractivity contribution in [2.45, 2.75) is 6.10 Å². The maximum absolute atomic E-state index is 10.7. The van der Waals surface area contributed by atoms with Gasteiger partial charge in [-0.3, -0.25) is 4.98 Å². The molecule has 0 aliphatic rings. The van der Waals surface area contributed by atoms with Gasteiger partial charge >= 0.3 is 5.97 Å². The maximum atomic E-state index is 10.7. The zero-order valence-electron chi connectivity index (χ0n) is 10.2. The third kappa shape index (κ3) is 2.12. The highest BCUT2D eigenvalue weighted by Crippen LogP contribution is 2.23. The molecule has 0 saturated carbocycles. The second-order valence-corrected chi connectivity index (χ2v) is 4.19. The second-order valence-electron chi connectivity index (χ2n) is 4.19. The molecule has 100 valence electrons. The van der Waals surface area contributed by atoms with Crippen molar-refractivity contribution in [3.8, 4) is 0 Å². The van der Waals surface area contributed by atoms with E-state index in [1.807, 2.05) is 18.2 Å². The van der Waals surface area contributed by atoms with Gasteiger partial charge < -0.3 is 14.6 Å². The number of nitrogens with zero attached hydrogens (tertiary/aromatic N) is 2. The summed E-state index contributed by atoms with van der Waals surface area (Å²) in [6.45, 7) is 0. The Hall–Kier alpha value is -2.73. The number of furan rings is 1. The number of benzene rings is 1. The highest BCUT2D eigenvalue weighted by atomic mass is 16.4. The Balaban J connectivity index is 1.98. The molecule has 3 aromatic rings. The van der Waals surface area contributed by atoms with Crippen LogP contribution in [0.3, 0.4) is 0 Å². The van der Waals surface area contributed by atoms with Crippen LogP contribution < -0.4 is 0 Å². The molecule has 0 saturated heterocycles. The summed E-state index contributed by atoms with van der Waals surface area (Å²) in [6.07, 6.45) is 0.288. The van der Waals surface area contributed by atoms with E-state index in [0.29, 0.717) is 16.7 Å². The molecule has 0 fully saturated rings. The number of para-hydroxylation sites is 2. The molecule has 0 aliphatic carbocycles. The van der Waals surface area contributed by atoms with Crippen LogP contribution in [-0.2, 0) is 0 Å². The Morgan fingerprint density at radius 3 is 2.60 bits per heavy atom. The van der Waals surface area contributed by atoms with E-state index in [4.69, 9.17) is 9.52 Å². The van der Waals surface area contributed by atoms with Crippen LogP contribution in [0.25, 0.3) is 11.0 Å². The van der Waals surface area contributed by atoms with Crippen LogP contribution in [0.1, 0.15) is 28.1 Å². The number of rotatable bonds is 3. The van der Waals surface area contributed by atoms with E-state index in [0.717, 1.165) is 0 Å². The number of aromatic nitrogens is 2. The van der Waals surface area contributed by atoms with E-state index in [9.17, 15) is 9.90 Å². The minimum atomic E-state index is -1.19. The summed E-state index contributed by atoms with van der Waals surface area (Å²) < 4.78 is 5.06. The topological polar surface area (TPSA) is 96.5 Å². The van der Waals surface area contributed by atoms with Crippen LogP contribution in [-0.4, -0.2) is 26.2 Å². The Kier molecular flexibility index (Phi) is 2.92. The monoisotopic (exact) mass is 270 g/mol. The molecular formula is C14H10N2O4. The van der Waals surface area contributed by atoms with Crippen LogP contribution in [0.4, 0.5) is 0 Å². The van der Waals surface area contributed by atoms with Crippen molar-refractivity contribution in [3.63, 3.8) is 0 Å². The van der Waals surface area contributed by atoms with Crippen molar-refractivity contribution < 1.29 is 19.4 Å². The van der Waals surface area contributed by atoms with Crippen LogP contribution >= 0.6 is 0 Å². The fourth-order valence-electron chi connectivity index (χ4n) is 1.86. The molecule has 0 bridgehead atoms. The van der Waals surface area contributed by atoms with Crippen LogP contribution in [0.2, 0.25) is 0 Å². The number of aromatic carboxylic acids is 1. The number of hydrogen-bond donors (Lipinski definition) is 2. The summed E-state index contributed by atoms with van der Waals surface area (Å²) in [4.78, 5) is 19.2. The van der Waals surface area contributed by atoms with Gasteiger partial charge in [0.1, 0.15) is 5.76 Å². The predicted octanol–water partition coefficient (Wildman–Crippen LogP) is 2.00. The van der Waals surface area contributed by atoms with E-state index >= 15 is 0 Å². The molecule has 20 heavy (non-hydrogen) atoms. The quantitative estimate of drug-likeness (QED) is 0.755. The largest absolute Gasteiger partial charge is 0.475 e. The molecule has 2 heterocycles. The van der Waals surface area contributed by atoms with E-state index in [1.165, 1.54) is 18.3 Å². The van der Waals surface area contributed by atoms with Crippen molar-refractivity contribution in [2.75, 3.05) is 0 Å². The molecule has 2 aromatic heterocycles. The van der Waals surface area contributed by atoms with Gasteiger partial charge in [0.2, 0.25) is 5.76 Å². The van der Waals surface area contributed by atoms with Crippen LogP contribution in [0.5, 0.6) is 0 Å². The molecule has 1 aromatic carbocycles. The summed E-state index contributed by atoms with van der Waals surface area (Å²) in [6, 6.07) is 9.96. The summed E-state index contributed by atoms with van der Waals surface area (Å²) >= 11 is 0. The van der Waals surface area contributed by atoms with Gasteiger partial charge in [0, 0.05) is 0 Å². The van der Waals surface area contributed by atoms with Crippen LogP contribution in [0, 0.1) is 0 Å². The first-order chi connectivity index (χ1) is 9.65. The molecule has 0 radical (unpaired) electrons. The average Bonchev–Trinajstić information content (AvgIpc) is 2.96. The van der Waals surface area contributed by atoms with Crippen molar-refractivity contribution in [2.24, 2.45) is 0 Å². The average molecular weight is 270 g/mol. The number of fused-ring (bicyclic) bond motifs is 1. The maximum Gasteiger partial charge on any atom is 0.371 e. The highest BCUT2D eigenvalue weighted by molar-refractivity contribution is 5.84. The summed E-state index contributed by atoms with van der Waals surface area (Å²) in [5.41, 5.74) is 1.66. The fraction of sp³-hybridized carbons (Fsp3) is 0.0714. The molecule has 2 N–H and O–H groups in total. The first kappa shape index (κ1) is 12.3. The summed E-state index contributed by atoms with van der Waals surface area (Å²) in [5, 5.41) is 18.9. The van der Waals surface area contributed by atoms with Gasteiger partial charge in [0.05, 0.1) is 22.9 Å². The third-order valence-electron chi connectivity index (χ3n) is 2.85. The van der Waals surface area contributed by atoms with Gasteiger partial charge in [-0.1, -0.05) is 12.1 Å². The second kappa shape index (κ2) is 4.75. The molecule has 1 atom stereocenters. The van der Waals surface area contributed by atoms with Gasteiger partial charge in [0.25, 0.3) is 0 Å². The molecule has 1 unspecified atom stereocenters. The standard InChI is InChI=1S/C14H10N2O4/c17-13(11-5-6-12(20-11)14(18)19)10-7-15-8-3-1-2-4-9(8)16-10/h1-7,13,17H,(H,18,19). The van der Waals surface area contributed by atoms with Gasteiger partial charge in [-0.25, -0.2) is 9.78 Å². The molecule has 6 nitrogen and oxygen atoms in total. The highest BCUT2D eigenvalue weighted by Gasteiger charge is 2.19. The zero-order chi connectivity index (χ0) is 14.1. The lowest BCUT2D eigenvalue weighted by Crippen LogP contribution is -2.02. The Morgan fingerprint density at radius 2 is 1.90 bits per heavy atom. The van der Waals surface area contributed by atoms with E-state index in [-0.39, 0.29) is 11.5 Å². The fourth-order valence-corrected chi connectivity index (χ4v) is 1.86. The van der Waals surface area contributed by atoms with Crippen molar-refractivity contribution in [1.29, 1.82) is 0 Å². The number of hydrogen-bond acceptors (Lipinski definition) is 5. The first-order valence-electron chi connectivity index (χ1n) is 5.88. The molecule has 3 rings (SSSR count). The minimum Gasteiger partial charge on any atom is -0.475 e. The molecular weight excluding hydrogens is 260 g/mol. The summed E-state index contributed by atoms with van der Waals surface area (Å²) in [7, 11) is 0. The van der Waals surface area contributed by atoms with Gasteiger partial charge in [-0.15, -0.1) is 0 Å². The number of aliphatic hydroxyl groups excluding tert-OH is 1. The number of carbonyl (C=O) groups is 1. The van der Waals surface area contributed by atoms with E-state index in [1.54, 1.807) is 6.07 Å². The van der Waals surface area contributed by atoms with E-state index in [2.05, 4.69) is 9.97 Å². The molecule has 0 amide bonds. The lowest BCUT2D eigenvalue weighted by Gasteiger charge is -2.07. The van der Waals surface area contributed by atoms with Crippen molar-refractivity contribution in [1.82, 2.24) is 9.97 Å². The summed E-state index contributed by atoms with van der Waals surface area (Å²) in [5.74, 6) is -1.30. The number of carboxylic acids is 1. The lowest BCUT2D eigenvalue weighted by atomic mass is 10.2. The van der Waals surface area contributed by atoms with Crippen molar-refractivity contribution in [3.05, 3.63) is 59.8 Å². The zero-order valence-corrected chi connectivity index (χ0v) is 10.2. The Morgan fingerprint density at radius 1 is 1.15 bits per heavy atom. The molecule has 0 spiro atoms. The van der Waals surface area contributed by atoms with Crippen molar-refractivity contribution >= 4 is 17.0 Å². The van der Waals surface area contributed by atoms with Crippen LogP contribution in [0.15, 0.2) is 47.0 Å². The SMILES string of the molecule is O=C(O)c1ccc(C(O)c2cnc3ccccc3n2)o1. The lowest BCUT2D eigenvalue weighted by molar-refractivity contribution is 0.0654. The predicted molar refractivity (Wildman–Crippen MR) is 69.3 cm³/mol. The van der Waals surface area contributed by atoms with Gasteiger partial charge in [0.15, 0.2) is 6.10 Å². The normalized spacial score (nSPS) is 12.4. The minimum absolute atomic E-state index is 0.118. The number of carboxylic acid groups (broad SMARTS) is 1. The Bertz CT molecular complexity index is 781. The van der Waals surface area contributed by atoms with Gasteiger partial charge in [-0.2, -0.15) is 0 Å². The third-order valence-corrected chi connectivity index (χ3v) is 2.85. The molecule has 6 heteroatoms. The van der Waals surface area contributed by atoms with Gasteiger partial charge in [-0.05, 0) is 24.3 Å².